The van der Waals surface area contributed by atoms with E-state index in [0.29, 0.717) is 49.0 Å². The molecule has 3 rings (SSSR count). The Hall–Kier alpha value is -2.58. The van der Waals surface area contributed by atoms with E-state index in [-0.39, 0.29) is 23.7 Å². The molecule has 1 heterocycles. The van der Waals surface area contributed by atoms with E-state index in [4.69, 9.17) is 11.6 Å². The van der Waals surface area contributed by atoms with Gasteiger partial charge in [-0.15, -0.1) is 0 Å². The summed E-state index contributed by atoms with van der Waals surface area (Å²) in [6, 6.07) is 8.78. The van der Waals surface area contributed by atoms with Gasteiger partial charge in [0.2, 0.25) is 0 Å². The van der Waals surface area contributed by atoms with Gasteiger partial charge in [-0.2, -0.15) is 23.5 Å². The maximum absolute atomic E-state index is 13.3. The van der Waals surface area contributed by atoms with E-state index in [0.717, 1.165) is 13.8 Å². The Kier molecular flexibility index (Phi) is 8.59. The lowest BCUT2D eigenvalue weighted by Gasteiger charge is -2.34. The van der Waals surface area contributed by atoms with Crippen molar-refractivity contribution in [3.63, 3.8) is 0 Å². The highest BCUT2D eigenvalue weighted by atomic mass is 35.5. The zero-order valence-corrected chi connectivity index (χ0v) is 23.4. The fourth-order valence-corrected chi connectivity index (χ4v) is 6.14. The van der Waals surface area contributed by atoms with Crippen molar-refractivity contribution in [1.29, 1.82) is 5.26 Å². The van der Waals surface area contributed by atoms with Crippen LogP contribution in [0, 0.1) is 22.2 Å². The number of carbonyl (C=O) groups is 1. The van der Waals surface area contributed by atoms with Crippen molar-refractivity contribution in [3.05, 3.63) is 40.5 Å². The second-order valence-electron chi connectivity index (χ2n) is 10.7. The Morgan fingerprint density at radius 3 is 2.29 bits per heavy atom. The summed E-state index contributed by atoms with van der Waals surface area (Å²) in [6.45, 7) is 4.55. The van der Waals surface area contributed by atoms with E-state index in [2.05, 4.69) is 16.5 Å². The number of amides is 1. The highest BCUT2D eigenvalue weighted by Crippen LogP contribution is 2.41. The normalized spacial score (nSPS) is 20.7. The molecule has 0 unspecified atom stereocenters. The van der Waals surface area contributed by atoms with Crippen molar-refractivity contribution in [2.45, 2.75) is 70.8 Å². The summed E-state index contributed by atoms with van der Waals surface area (Å²) in [6.07, 6.45) is -1.92. The molecule has 38 heavy (non-hydrogen) atoms. The van der Waals surface area contributed by atoms with Gasteiger partial charge in [0.25, 0.3) is 5.91 Å². The average molecular weight is 573 g/mol. The molecule has 12 heteroatoms. The molecule has 2 aromatic rings. The lowest BCUT2D eigenvalue weighted by molar-refractivity contribution is -0.211. The van der Waals surface area contributed by atoms with Crippen LogP contribution in [-0.4, -0.2) is 48.3 Å². The predicted octanol–water partition coefficient (Wildman–Crippen LogP) is 5.58. The summed E-state index contributed by atoms with van der Waals surface area (Å²) in [5.41, 5.74) is -1.20. The lowest BCUT2D eigenvalue weighted by Crippen LogP contribution is -2.41. The molecule has 0 aliphatic heterocycles. The van der Waals surface area contributed by atoms with Crippen LogP contribution in [0.3, 0.4) is 0 Å². The highest BCUT2D eigenvalue weighted by Gasteiger charge is 2.47. The average Bonchev–Trinajstić information content (AvgIpc) is 3.18. The number of alkyl halides is 3. The van der Waals surface area contributed by atoms with Crippen LogP contribution in [0.25, 0.3) is 11.3 Å². The number of halogens is 4. The second kappa shape index (κ2) is 10.9. The first-order chi connectivity index (χ1) is 17.5. The van der Waals surface area contributed by atoms with Gasteiger partial charge in [0.15, 0.2) is 5.69 Å². The third kappa shape index (κ3) is 6.34. The number of nitriles is 1. The molecule has 0 atom stereocenters. The Morgan fingerprint density at radius 2 is 1.82 bits per heavy atom. The quantitative estimate of drug-likeness (QED) is 0.444. The maximum atomic E-state index is 13.3. The van der Waals surface area contributed by atoms with E-state index < -0.39 is 38.0 Å². The Balaban J connectivity index is 1.77. The number of aryl methyl sites for hydroxylation is 1. The third-order valence-electron chi connectivity index (χ3n) is 7.37. The minimum absolute atomic E-state index is 0.0243. The maximum Gasteiger partial charge on any atom is 0.394 e. The molecule has 0 spiro atoms. The number of benzene rings is 1. The zero-order valence-electron chi connectivity index (χ0n) is 21.8. The first-order valence-electron chi connectivity index (χ1n) is 12.3. The highest BCUT2D eigenvalue weighted by molar-refractivity contribution is 7.91. The van der Waals surface area contributed by atoms with Crippen molar-refractivity contribution in [2.24, 2.45) is 10.8 Å². The molecule has 0 bridgehead atoms. The van der Waals surface area contributed by atoms with E-state index in [1.54, 1.807) is 28.9 Å². The van der Waals surface area contributed by atoms with Crippen LogP contribution in [0.15, 0.2) is 24.3 Å². The summed E-state index contributed by atoms with van der Waals surface area (Å²) in [5.74, 6) is -0.563. The summed E-state index contributed by atoms with van der Waals surface area (Å²) in [7, 11) is -3.19. The number of rotatable bonds is 8. The molecule has 1 aromatic carbocycles. The molecule has 1 saturated carbocycles. The number of aromatic nitrogens is 2. The van der Waals surface area contributed by atoms with Crippen LogP contribution in [0.2, 0.25) is 5.02 Å². The van der Waals surface area contributed by atoms with Crippen molar-refractivity contribution < 1.29 is 26.4 Å². The van der Waals surface area contributed by atoms with Gasteiger partial charge in [-0.25, -0.2) is 8.42 Å². The van der Waals surface area contributed by atoms with Crippen molar-refractivity contribution in [3.8, 4) is 17.3 Å². The molecule has 1 aliphatic carbocycles. The summed E-state index contributed by atoms with van der Waals surface area (Å²) < 4.78 is 65.1. The van der Waals surface area contributed by atoms with E-state index >= 15 is 0 Å². The lowest BCUT2D eigenvalue weighted by atomic mass is 9.75. The van der Waals surface area contributed by atoms with Gasteiger partial charge in [-0.3, -0.25) is 9.48 Å². The van der Waals surface area contributed by atoms with Crippen molar-refractivity contribution in [2.75, 3.05) is 12.8 Å². The van der Waals surface area contributed by atoms with E-state index in [1.807, 2.05) is 6.92 Å². The summed E-state index contributed by atoms with van der Waals surface area (Å²) in [5, 5.41) is 16.5. The van der Waals surface area contributed by atoms with E-state index in [9.17, 15) is 31.6 Å². The number of hydrogen-bond acceptors (Lipinski definition) is 5. The molecule has 0 saturated heterocycles. The van der Waals surface area contributed by atoms with Gasteiger partial charge < -0.3 is 5.32 Å². The van der Waals surface area contributed by atoms with E-state index in [1.165, 1.54) is 6.26 Å². The molecule has 7 nitrogen and oxygen atoms in total. The van der Waals surface area contributed by atoms with Crippen LogP contribution >= 0.6 is 11.6 Å². The summed E-state index contributed by atoms with van der Waals surface area (Å²) in [4.78, 5) is 13.0. The first-order valence-corrected chi connectivity index (χ1v) is 14.7. The molecular formula is C26H32ClF3N4O3S. The van der Waals surface area contributed by atoms with Crippen LogP contribution in [0.5, 0.6) is 0 Å². The minimum Gasteiger partial charge on any atom is -0.349 e. The van der Waals surface area contributed by atoms with Gasteiger partial charge in [0.1, 0.15) is 9.84 Å². The van der Waals surface area contributed by atoms with Crippen LogP contribution in [0.1, 0.15) is 62.5 Å². The Morgan fingerprint density at radius 1 is 1.24 bits per heavy atom. The SMILES string of the molecule is CCn1nc(C(=O)NCC2(C#N)CCC(S(C)(=O)=O)CC2)c(Cl)c1-c1ccc(CC(C)(C)C(F)(F)F)cc1. The van der Waals surface area contributed by atoms with Gasteiger partial charge in [-0.05, 0) is 44.6 Å². The van der Waals surface area contributed by atoms with Crippen LogP contribution in [-0.2, 0) is 22.8 Å². The van der Waals surface area contributed by atoms with Crippen LogP contribution in [0.4, 0.5) is 13.2 Å². The number of carbonyl (C=O) groups excluding carboxylic acids is 1. The molecule has 1 fully saturated rings. The largest absolute Gasteiger partial charge is 0.394 e. The monoisotopic (exact) mass is 572 g/mol. The second-order valence-corrected chi connectivity index (χ2v) is 13.4. The molecule has 1 amide bonds. The molecule has 0 radical (unpaired) electrons. The minimum atomic E-state index is -4.34. The zero-order chi connectivity index (χ0) is 28.5. The van der Waals surface area contributed by atoms with Gasteiger partial charge in [0.05, 0.1) is 32.9 Å². The Bertz CT molecular complexity index is 1320. The van der Waals surface area contributed by atoms with Crippen molar-refractivity contribution >= 4 is 27.3 Å². The molecule has 1 aliphatic rings. The topological polar surface area (TPSA) is 105 Å². The van der Waals surface area contributed by atoms with Gasteiger partial charge in [0, 0.05) is 24.9 Å². The summed E-state index contributed by atoms with van der Waals surface area (Å²) >= 11 is 6.58. The number of hydrogen-bond donors (Lipinski definition) is 1. The Labute approximate surface area is 226 Å². The molecular weight excluding hydrogens is 541 g/mol. The van der Waals surface area contributed by atoms with Crippen LogP contribution < -0.4 is 5.32 Å². The first kappa shape index (κ1) is 30.0. The number of sulfone groups is 1. The fraction of sp³-hybridized carbons (Fsp3) is 0.577. The third-order valence-corrected chi connectivity index (χ3v) is 9.41. The molecule has 1 N–H and O–H groups in total. The molecule has 1 aromatic heterocycles. The smallest absolute Gasteiger partial charge is 0.349 e. The molecule has 208 valence electrons. The fourth-order valence-electron chi connectivity index (χ4n) is 4.71. The van der Waals surface area contributed by atoms with Gasteiger partial charge in [-0.1, -0.05) is 49.7 Å². The van der Waals surface area contributed by atoms with Gasteiger partial charge >= 0.3 is 6.18 Å². The number of nitrogens with one attached hydrogen (secondary N) is 1. The standard InChI is InChI=1S/C26H32ClF3N4O3S/c1-5-34-22(18-8-6-17(7-9-18)14-24(2,3)26(28,29)30)20(27)21(33-34)23(35)32-16-25(15-31)12-10-19(11-13-25)38(4,36)37/h6-9,19H,5,10-14,16H2,1-4H3,(H,32,35). The predicted molar refractivity (Wildman–Crippen MR) is 139 cm³/mol. The number of nitrogens with zero attached hydrogens (tertiary/aromatic N) is 3. The van der Waals surface area contributed by atoms with Crippen molar-refractivity contribution in [1.82, 2.24) is 15.1 Å².